The van der Waals surface area contributed by atoms with Crippen LogP contribution >= 0.6 is 0 Å². The lowest BCUT2D eigenvalue weighted by atomic mass is 10.1. The summed E-state index contributed by atoms with van der Waals surface area (Å²) in [6.45, 7) is 1.37. The minimum atomic E-state index is -0.937. The summed E-state index contributed by atoms with van der Waals surface area (Å²) in [5.74, 6) is -0.909. The van der Waals surface area contributed by atoms with Gasteiger partial charge in [-0.3, -0.25) is 4.79 Å². The highest BCUT2D eigenvalue weighted by Crippen LogP contribution is 2.23. The highest BCUT2D eigenvalue weighted by Gasteiger charge is 2.23. The summed E-state index contributed by atoms with van der Waals surface area (Å²) in [6.07, 6.45) is 0. The van der Waals surface area contributed by atoms with Gasteiger partial charge in [0, 0.05) is 13.1 Å². The Kier molecular flexibility index (Phi) is 3.10. The number of carboxylic acid groups (broad SMARTS) is 1. The number of hydrogen-bond acceptors (Lipinski definition) is 3. The van der Waals surface area contributed by atoms with Crippen molar-refractivity contribution in [1.29, 1.82) is 0 Å². The first kappa shape index (κ1) is 11.6. The van der Waals surface area contributed by atoms with Crippen LogP contribution in [0.2, 0.25) is 0 Å². The summed E-state index contributed by atoms with van der Waals surface area (Å²) >= 11 is 0. The smallest absolute Gasteiger partial charge is 0.335 e. The first-order valence-electron chi connectivity index (χ1n) is 5.39. The van der Waals surface area contributed by atoms with Crippen molar-refractivity contribution in [3.8, 4) is 0 Å². The molecule has 0 radical (unpaired) electrons. The van der Waals surface area contributed by atoms with Crippen LogP contribution in [0.15, 0.2) is 18.2 Å². The molecule has 2 rings (SSSR count). The van der Waals surface area contributed by atoms with Gasteiger partial charge in [0.25, 0.3) is 0 Å². The van der Waals surface area contributed by atoms with Gasteiger partial charge < -0.3 is 15.3 Å². The molecule has 1 amide bonds. The highest BCUT2D eigenvalue weighted by atomic mass is 16.4. The molecule has 1 aliphatic heterocycles. The van der Waals surface area contributed by atoms with E-state index in [1.54, 1.807) is 30.1 Å². The van der Waals surface area contributed by atoms with E-state index in [1.165, 1.54) is 0 Å². The van der Waals surface area contributed by atoms with Crippen molar-refractivity contribution in [2.45, 2.75) is 13.1 Å². The van der Waals surface area contributed by atoms with E-state index in [2.05, 4.69) is 5.32 Å². The largest absolute Gasteiger partial charge is 0.478 e. The average molecular weight is 234 g/mol. The maximum absolute atomic E-state index is 11.7. The molecule has 17 heavy (non-hydrogen) atoms. The number of nitrogens with one attached hydrogen (secondary N) is 1. The minimum absolute atomic E-state index is 0.0283. The van der Waals surface area contributed by atoms with E-state index in [4.69, 9.17) is 5.11 Å². The number of fused-ring (bicyclic) bond motifs is 1. The van der Waals surface area contributed by atoms with Crippen molar-refractivity contribution in [1.82, 2.24) is 10.2 Å². The van der Waals surface area contributed by atoms with Gasteiger partial charge in [0.1, 0.15) is 0 Å². The second kappa shape index (κ2) is 4.55. The summed E-state index contributed by atoms with van der Waals surface area (Å²) in [5, 5.41) is 11.7. The molecule has 2 N–H and O–H groups in total. The molecule has 90 valence electrons. The summed E-state index contributed by atoms with van der Waals surface area (Å²) < 4.78 is 0. The Morgan fingerprint density at radius 1 is 1.35 bits per heavy atom. The monoisotopic (exact) mass is 234 g/mol. The summed E-state index contributed by atoms with van der Waals surface area (Å²) in [7, 11) is 1.73. The van der Waals surface area contributed by atoms with E-state index in [1.807, 2.05) is 0 Å². The molecule has 0 fully saturated rings. The SMILES string of the molecule is CNCC(=O)N1Cc2ccc(C(=O)O)cc2C1. The number of carbonyl (C=O) groups is 2. The van der Waals surface area contributed by atoms with Crippen LogP contribution in [0, 0.1) is 0 Å². The zero-order chi connectivity index (χ0) is 12.4. The van der Waals surface area contributed by atoms with Crippen molar-refractivity contribution in [3.63, 3.8) is 0 Å². The number of aromatic carboxylic acids is 1. The van der Waals surface area contributed by atoms with Gasteiger partial charge in [-0.2, -0.15) is 0 Å². The molecule has 0 spiro atoms. The molecular weight excluding hydrogens is 220 g/mol. The second-order valence-electron chi connectivity index (χ2n) is 4.07. The first-order valence-corrected chi connectivity index (χ1v) is 5.39. The Morgan fingerprint density at radius 3 is 2.71 bits per heavy atom. The molecular formula is C12H14N2O3. The first-order chi connectivity index (χ1) is 8.11. The number of nitrogens with zero attached hydrogens (tertiary/aromatic N) is 1. The third-order valence-electron chi connectivity index (χ3n) is 2.86. The van der Waals surface area contributed by atoms with E-state index in [0.717, 1.165) is 11.1 Å². The number of carboxylic acids is 1. The molecule has 0 atom stereocenters. The van der Waals surface area contributed by atoms with Crippen molar-refractivity contribution in [2.24, 2.45) is 0 Å². The molecule has 0 aliphatic carbocycles. The highest BCUT2D eigenvalue weighted by molar-refractivity contribution is 5.88. The fourth-order valence-electron chi connectivity index (χ4n) is 1.97. The van der Waals surface area contributed by atoms with Gasteiger partial charge in [-0.15, -0.1) is 0 Å². The fourth-order valence-corrected chi connectivity index (χ4v) is 1.97. The van der Waals surface area contributed by atoms with Crippen LogP contribution < -0.4 is 5.32 Å². The Labute approximate surface area is 99.0 Å². The van der Waals surface area contributed by atoms with Crippen LogP contribution in [0.4, 0.5) is 0 Å². The number of likely N-dealkylation sites (N-methyl/N-ethyl adjacent to an activating group) is 1. The maximum atomic E-state index is 11.7. The van der Waals surface area contributed by atoms with Crippen LogP contribution in [0.3, 0.4) is 0 Å². The van der Waals surface area contributed by atoms with Crippen molar-refractivity contribution in [3.05, 3.63) is 34.9 Å². The lowest BCUT2D eigenvalue weighted by Crippen LogP contribution is -2.33. The van der Waals surface area contributed by atoms with E-state index in [-0.39, 0.29) is 11.5 Å². The fraction of sp³-hybridized carbons (Fsp3) is 0.333. The lowest BCUT2D eigenvalue weighted by Gasteiger charge is -2.14. The van der Waals surface area contributed by atoms with Crippen molar-refractivity contribution < 1.29 is 14.7 Å². The predicted molar refractivity (Wildman–Crippen MR) is 61.6 cm³/mol. The molecule has 0 bridgehead atoms. The molecule has 5 nitrogen and oxygen atoms in total. The zero-order valence-corrected chi connectivity index (χ0v) is 9.56. The maximum Gasteiger partial charge on any atom is 0.335 e. The van der Waals surface area contributed by atoms with E-state index in [9.17, 15) is 9.59 Å². The van der Waals surface area contributed by atoms with Crippen molar-refractivity contribution >= 4 is 11.9 Å². The number of carbonyl (C=O) groups excluding carboxylic acids is 1. The average Bonchev–Trinajstić information content (AvgIpc) is 2.71. The van der Waals surface area contributed by atoms with Gasteiger partial charge in [0.05, 0.1) is 12.1 Å². The Balaban J connectivity index is 2.16. The Bertz CT molecular complexity index is 471. The second-order valence-corrected chi connectivity index (χ2v) is 4.07. The summed E-state index contributed by atoms with van der Waals surface area (Å²) in [6, 6.07) is 5.00. The van der Waals surface area contributed by atoms with E-state index >= 15 is 0 Å². The van der Waals surface area contributed by atoms with Gasteiger partial charge in [-0.1, -0.05) is 6.07 Å². The predicted octanol–water partition coefficient (Wildman–Crippen LogP) is 0.446. The quantitative estimate of drug-likeness (QED) is 0.796. The number of rotatable bonds is 3. The molecule has 1 aromatic rings. The van der Waals surface area contributed by atoms with Gasteiger partial charge >= 0.3 is 5.97 Å². The molecule has 0 saturated heterocycles. The van der Waals surface area contributed by atoms with E-state index in [0.29, 0.717) is 19.6 Å². The number of amides is 1. The standard InChI is InChI=1S/C12H14N2O3/c1-13-5-11(15)14-6-9-3-2-8(12(16)17)4-10(9)7-14/h2-4,13H,5-7H2,1H3,(H,16,17). The molecule has 1 heterocycles. The van der Waals surface area contributed by atoms with Crippen LogP contribution in [0.1, 0.15) is 21.5 Å². The normalized spacial score (nSPS) is 13.6. The minimum Gasteiger partial charge on any atom is -0.478 e. The third-order valence-corrected chi connectivity index (χ3v) is 2.86. The number of hydrogen-bond donors (Lipinski definition) is 2. The van der Waals surface area contributed by atoms with Gasteiger partial charge in [0.15, 0.2) is 0 Å². The molecule has 0 aromatic heterocycles. The summed E-state index contributed by atoms with van der Waals surface area (Å²) in [4.78, 5) is 24.2. The summed E-state index contributed by atoms with van der Waals surface area (Å²) in [5.41, 5.74) is 2.22. The third kappa shape index (κ3) is 2.29. The lowest BCUT2D eigenvalue weighted by molar-refractivity contribution is -0.130. The topological polar surface area (TPSA) is 69.6 Å². The molecule has 0 saturated carbocycles. The number of benzene rings is 1. The van der Waals surface area contributed by atoms with Crippen LogP contribution in [-0.2, 0) is 17.9 Å². The van der Waals surface area contributed by atoms with Crippen molar-refractivity contribution in [2.75, 3.05) is 13.6 Å². The van der Waals surface area contributed by atoms with Crippen LogP contribution in [0.5, 0.6) is 0 Å². The molecule has 1 aliphatic rings. The zero-order valence-electron chi connectivity index (χ0n) is 9.56. The van der Waals surface area contributed by atoms with Gasteiger partial charge in [0.2, 0.25) is 5.91 Å². The Morgan fingerprint density at radius 2 is 2.06 bits per heavy atom. The Hall–Kier alpha value is -1.88. The molecule has 0 unspecified atom stereocenters. The van der Waals surface area contributed by atoms with Gasteiger partial charge in [-0.25, -0.2) is 4.79 Å². The molecule has 5 heteroatoms. The van der Waals surface area contributed by atoms with Gasteiger partial charge in [-0.05, 0) is 30.3 Å². The van der Waals surface area contributed by atoms with Crippen LogP contribution in [0.25, 0.3) is 0 Å². The van der Waals surface area contributed by atoms with Crippen LogP contribution in [-0.4, -0.2) is 35.5 Å². The van der Waals surface area contributed by atoms with E-state index < -0.39 is 5.97 Å². The molecule has 1 aromatic carbocycles.